The summed E-state index contributed by atoms with van der Waals surface area (Å²) in [6.45, 7) is 8.16. The van der Waals surface area contributed by atoms with Crippen molar-refractivity contribution in [2.75, 3.05) is 13.2 Å². The lowest BCUT2D eigenvalue weighted by Gasteiger charge is -2.26. The third-order valence-corrected chi connectivity index (χ3v) is 5.91. The number of carbonyl (C=O) groups is 1. The van der Waals surface area contributed by atoms with Gasteiger partial charge in [-0.1, -0.05) is 44.2 Å². The second-order valence-electron chi connectivity index (χ2n) is 10.1. The van der Waals surface area contributed by atoms with Gasteiger partial charge >= 0.3 is 12.3 Å². The van der Waals surface area contributed by atoms with Crippen molar-refractivity contribution in [3.05, 3.63) is 29.7 Å². The molecule has 1 aromatic carbocycles. The SMILES string of the molecule is CCCCCCCCOc1ccc(-c2noc(C3CCCN3C(=O)OC(C)(C)C)n2)cc1C(F)(F)F. The molecule has 1 aliphatic rings. The zero-order valence-corrected chi connectivity index (χ0v) is 21.5. The number of benzene rings is 1. The second kappa shape index (κ2) is 12.0. The lowest BCUT2D eigenvalue weighted by Crippen LogP contribution is -2.36. The number of likely N-dealkylation sites (tertiary alicyclic amines) is 1. The summed E-state index contributed by atoms with van der Waals surface area (Å²) in [6, 6.07) is 3.28. The van der Waals surface area contributed by atoms with Gasteiger partial charge in [-0.25, -0.2) is 4.79 Å². The maximum absolute atomic E-state index is 13.8. The van der Waals surface area contributed by atoms with E-state index in [1.54, 1.807) is 20.8 Å². The van der Waals surface area contributed by atoms with E-state index in [-0.39, 0.29) is 29.6 Å². The molecule has 3 rings (SSSR count). The number of alkyl halides is 3. The number of aromatic nitrogens is 2. The van der Waals surface area contributed by atoms with Crippen LogP contribution in [0.2, 0.25) is 0 Å². The summed E-state index contributed by atoms with van der Waals surface area (Å²) in [4.78, 5) is 18.4. The normalized spacial score (nSPS) is 16.4. The molecule has 0 bridgehead atoms. The molecule has 2 aromatic rings. The lowest BCUT2D eigenvalue weighted by atomic mass is 10.1. The van der Waals surface area contributed by atoms with Crippen molar-refractivity contribution in [1.82, 2.24) is 15.0 Å². The van der Waals surface area contributed by atoms with E-state index in [1.807, 2.05) is 0 Å². The van der Waals surface area contributed by atoms with Gasteiger partial charge in [0, 0.05) is 12.1 Å². The van der Waals surface area contributed by atoms with Gasteiger partial charge in [0.05, 0.1) is 12.2 Å². The van der Waals surface area contributed by atoms with Crippen LogP contribution in [0.15, 0.2) is 22.7 Å². The van der Waals surface area contributed by atoms with Gasteiger partial charge in [0.1, 0.15) is 17.4 Å². The molecule has 2 heterocycles. The largest absolute Gasteiger partial charge is 0.493 e. The van der Waals surface area contributed by atoms with E-state index < -0.39 is 29.5 Å². The highest BCUT2D eigenvalue weighted by Crippen LogP contribution is 2.39. The van der Waals surface area contributed by atoms with E-state index in [1.165, 1.54) is 17.0 Å². The standard InChI is InChI=1S/C26H36F3N3O4/c1-5-6-7-8-9-10-16-34-21-14-13-18(17-19(21)26(27,28)29)22-30-23(36-31-22)20-12-11-15-32(20)24(33)35-25(2,3)4/h13-14,17,20H,5-12,15-16H2,1-4H3. The van der Waals surface area contributed by atoms with Crippen molar-refractivity contribution < 1.29 is 32.0 Å². The minimum atomic E-state index is -4.60. The third-order valence-electron chi connectivity index (χ3n) is 5.91. The molecule has 0 N–H and O–H groups in total. The molecule has 0 spiro atoms. The first kappa shape index (κ1) is 27.8. The van der Waals surface area contributed by atoms with Crippen LogP contribution in [0.1, 0.15) is 96.6 Å². The summed E-state index contributed by atoms with van der Waals surface area (Å²) in [6.07, 6.45) is 2.34. The molecule has 1 unspecified atom stereocenters. The van der Waals surface area contributed by atoms with Crippen LogP contribution in [0.25, 0.3) is 11.4 Å². The number of hydrogen-bond acceptors (Lipinski definition) is 6. The summed E-state index contributed by atoms with van der Waals surface area (Å²) in [5.74, 6) is -0.0187. The van der Waals surface area contributed by atoms with E-state index in [4.69, 9.17) is 14.0 Å². The van der Waals surface area contributed by atoms with Crippen molar-refractivity contribution in [3.8, 4) is 17.1 Å². The molecule has 0 aliphatic carbocycles. The van der Waals surface area contributed by atoms with Crippen LogP contribution in [0.4, 0.5) is 18.0 Å². The maximum Gasteiger partial charge on any atom is 0.419 e. The molecular weight excluding hydrogens is 475 g/mol. The molecule has 10 heteroatoms. The fraction of sp³-hybridized carbons (Fsp3) is 0.654. The van der Waals surface area contributed by atoms with Crippen LogP contribution >= 0.6 is 0 Å². The Morgan fingerprint density at radius 3 is 2.56 bits per heavy atom. The molecule has 1 atom stereocenters. The van der Waals surface area contributed by atoms with Crippen molar-refractivity contribution in [2.45, 2.75) is 96.9 Å². The summed E-state index contributed by atoms with van der Waals surface area (Å²) in [5.41, 5.74) is -1.38. The number of amides is 1. The van der Waals surface area contributed by atoms with Crippen LogP contribution < -0.4 is 4.74 Å². The van der Waals surface area contributed by atoms with Gasteiger partial charge in [-0.3, -0.25) is 4.90 Å². The van der Waals surface area contributed by atoms with Gasteiger partial charge in [0.25, 0.3) is 0 Å². The van der Waals surface area contributed by atoms with Crippen LogP contribution in [0.3, 0.4) is 0 Å². The summed E-state index contributed by atoms with van der Waals surface area (Å²) >= 11 is 0. The number of rotatable bonds is 10. The molecule has 1 aromatic heterocycles. The first-order valence-corrected chi connectivity index (χ1v) is 12.7. The first-order chi connectivity index (χ1) is 17.0. The predicted molar refractivity (Wildman–Crippen MR) is 129 cm³/mol. The van der Waals surface area contributed by atoms with E-state index >= 15 is 0 Å². The van der Waals surface area contributed by atoms with Crippen LogP contribution in [-0.4, -0.2) is 39.9 Å². The molecule has 7 nitrogen and oxygen atoms in total. The molecule has 200 valence electrons. The number of hydrogen-bond donors (Lipinski definition) is 0. The number of ether oxygens (including phenoxy) is 2. The lowest BCUT2D eigenvalue weighted by molar-refractivity contribution is -0.138. The molecule has 1 saturated heterocycles. The fourth-order valence-electron chi connectivity index (χ4n) is 4.13. The smallest absolute Gasteiger partial charge is 0.419 e. The molecule has 1 fully saturated rings. The Kier molecular flexibility index (Phi) is 9.24. The van der Waals surface area contributed by atoms with Crippen LogP contribution in [0, 0.1) is 0 Å². The topological polar surface area (TPSA) is 77.7 Å². The van der Waals surface area contributed by atoms with Crippen LogP contribution in [0.5, 0.6) is 5.75 Å². The number of nitrogens with zero attached hydrogens (tertiary/aromatic N) is 3. The quantitative estimate of drug-likeness (QED) is 0.306. The molecule has 0 saturated carbocycles. The highest BCUT2D eigenvalue weighted by Gasteiger charge is 2.38. The summed E-state index contributed by atoms with van der Waals surface area (Å²) in [7, 11) is 0. The highest BCUT2D eigenvalue weighted by atomic mass is 19.4. The number of halogens is 3. The Balaban J connectivity index is 1.71. The molecule has 36 heavy (non-hydrogen) atoms. The Morgan fingerprint density at radius 2 is 1.86 bits per heavy atom. The Bertz CT molecular complexity index is 1000. The second-order valence-corrected chi connectivity index (χ2v) is 10.1. The molecule has 0 radical (unpaired) electrons. The van der Waals surface area contributed by atoms with Gasteiger partial charge in [0.2, 0.25) is 11.7 Å². The predicted octanol–water partition coefficient (Wildman–Crippen LogP) is 7.57. The van der Waals surface area contributed by atoms with E-state index in [2.05, 4.69) is 17.1 Å². The molecule has 1 aliphatic heterocycles. The monoisotopic (exact) mass is 511 g/mol. The Hall–Kier alpha value is -2.78. The van der Waals surface area contributed by atoms with Crippen molar-refractivity contribution in [2.24, 2.45) is 0 Å². The Labute approximate surface area is 210 Å². The average Bonchev–Trinajstić information content (AvgIpc) is 3.46. The van der Waals surface area contributed by atoms with E-state index in [0.29, 0.717) is 19.4 Å². The van der Waals surface area contributed by atoms with Gasteiger partial charge in [-0.05, 0) is 58.2 Å². The minimum Gasteiger partial charge on any atom is -0.493 e. The number of unbranched alkanes of at least 4 members (excludes halogenated alkanes) is 5. The van der Waals surface area contributed by atoms with Crippen molar-refractivity contribution in [3.63, 3.8) is 0 Å². The van der Waals surface area contributed by atoms with Crippen molar-refractivity contribution >= 4 is 6.09 Å². The zero-order valence-electron chi connectivity index (χ0n) is 21.5. The van der Waals surface area contributed by atoms with E-state index in [0.717, 1.165) is 44.6 Å². The summed E-state index contributed by atoms with van der Waals surface area (Å²) in [5, 5.41) is 3.89. The Morgan fingerprint density at radius 1 is 1.14 bits per heavy atom. The zero-order chi connectivity index (χ0) is 26.3. The minimum absolute atomic E-state index is 0.0222. The average molecular weight is 512 g/mol. The maximum atomic E-state index is 13.8. The fourth-order valence-corrected chi connectivity index (χ4v) is 4.13. The highest BCUT2D eigenvalue weighted by molar-refractivity contribution is 5.69. The molecular formula is C26H36F3N3O4. The first-order valence-electron chi connectivity index (χ1n) is 12.7. The summed E-state index contributed by atoms with van der Waals surface area (Å²) < 4.78 is 57.7. The van der Waals surface area contributed by atoms with E-state index in [9.17, 15) is 18.0 Å². The van der Waals surface area contributed by atoms with Gasteiger partial charge < -0.3 is 14.0 Å². The number of carbonyl (C=O) groups excluding carboxylic acids is 1. The van der Waals surface area contributed by atoms with Gasteiger partial charge in [-0.15, -0.1) is 0 Å². The third kappa shape index (κ3) is 7.61. The van der Waals surface area contributed by atoms with Crippen LogP contribution in [-0.2, 0) is 10.9 Å². The van der Waals surface area contributed by atoms with Crippen molar-refractivity contribution in [1.29, 1.82) is 0 Å². The van der Waals surface area contributed by atoms with Gasteiger partial charge in [-0.2, -0.15) is 18.2 Å². The van der Waals surface area contributed by atoms with Gasteiger partial charge in [0.15, 0.2) is 0 Å². The molecule has 1 amide bonds.